The summed E-state index contributed by atoms with van der Waals surface area (Å²) < 4.78 is 16.7. The second-order valence-corrected chi connectivity index (χ2v) is 14.0. The zero-order valence-electron chi connectivity index (χ0n) is 29.6. The van der Waals surface area contributed by atoms with Crippen molar-refractivity contribution in [3.63, 3.8) is 0 Å². The molecule has 0 saturated carbocycles. The van der Waals surface area contributed by atoms with Crippen LogP contribution in [-0.4, -0.2) is 76.2 Å². The van der Waals surface area contributed by atoms with Crippen LogP contribution in [-0.2, 0) is 16.0 Å². The number of fused-ring (bicyclic) bond motifs is 5. The molecule has 4 heterocycles. The lowest BCUT2D eigenvalue weighted by Crippen LogP contribution is -2.48. The molecule has 1 fully saturated rings. The second kappa shape index (κ2) is 15.9. The van der Waals surface area contributed by atoms with E-state index in [1.165, 1.54) is 30.4 Å². The van der Waals surface area contributed by atoms with Crippen molar-refractivity contribution in [2.75, 3.05) is 13.7 Å². The van der Waals surface area contributed by atoms with Gasteiger partial charge in [-0.3, -0.25) is 24.0 Å². The zero-order chi connectivity index (χ0) is 37.8. The maximum Gasteiger partial charge on any atom is 0.276 e. The molecule has 5 atom stereocenters. The number of hydrogen-bond acceptors (Lipinski definition) is 10. The molecular weight excluding hydrogens is 706 g/mol. The molecule has 2 aliphatic heterocycles. The van der Waals surface area contributed by atoms with E-state index in [0.29, 0.717) is 17.2 Å². The molecule has 278 valence electrons. The van der Waals surface area contributed by atoms with E-state index in [4.69, 9.17) is 25.2 Å². The Bertz CT molecular complexity index is 2000. The number of amides is 5. The largest absolute Gasteiger partial charge is 0.497 e. The van der Waals surface area contributed by atoms with Crippen LogP contribution in [0.3, 0.4) is 0 Å². The molecule has 4 N–H and O–H groups in total. The van der Waals surface area contributed by atoms with Crippen LogP contribution in [0.5, 0.6) is 5.75 Å². The molecular formula is C37H40ClN7O8. The monoisotopic (exact) mass is 745 g/mol. The molecule has 2 aliphatic rings. The lowest BCUT2D eigenvalue weighted by molar-refractivity contribution is -0.126. The molecule has 15 nitrogen and oxygen atoms in total. The first-order valence-corrected chi connectivity index (χ1v) is 17.6. The summed E-state index contributed by atoms with van der Waals surface area (Å²) in [7, 11) is 1.46. The lowest BCUT2D eigenvalue weighted by Gasteiger charge is -2.25. The van der Waals surface area contributed by atoms with Gasteiger partial charge in [0.25, 0.3) is 17.7 Å². The molecule has 0 aliphatic carbocycles. The average Bonchev–Trinajstić information content (AvgIpc) is 3.91. The van der Waals surface area contributed by atoms with E-state index in [1.54, 1.807) is 13.0 Å². The average molecular weight is 746 g/mol. The van der Waals surface area contributed by atoms with Crippen molar-refractivity contribution < 1.29 is 37.5 Å². The molecule has 0 spiro atoms. The Labute approximate surface area is 310 Å². The Hall–Kier alpha value is -5.70. The van der Waals surface area contributed by atoms with Crippen LogP contribution in [0.1, 0.15) is 94.4 Å². The van der Waals surface area contributed by atoms with E-state index in [2.05, 4.69) is 31.2 Å². The number of hydrogen-bond donors (Lipinski definition) is 4. The van der Waals surface area contributed by atoms with Crippen molar-refractivity contribution in [3.05, 3.63) is 100 Å². The van der Waals surface area contributed by atoms with E-state index in [-0.39, 0.29) is 54.0 Å². The first-order chi connectivity index (χ1) is 25.4. The number of carbonyl (C=O) groups excluding carboxylic acids is 5. The molecule has 4 aromatic rings. The van der Waals surface area contributed by atoms with Gasteiger partial charge in [0.05, 0.1) is 7.11 Å². The fourth-order valence-corrected chi connectivity index (χ4v) is 6.63. The van der Waals surface area contributed by atoms with Crippen molar-refractivity contribution in [2.45, 2.75) is 70.2 Å². The summed E-state index contributed by atoms with van der Waals surface area (Å²) in [6.07, 6.45) is 2.93. The highest BCUT2D eigenvalue weighted by Crippen LogP contribution is 2.27. The molecule has 2 aromatic heterocycles. The topological polar surface area (TPSA) is 198 Å². The summed E-state index contributed by atoms with van der Waals surface area (Å²) in [5.74, 6) is -2.26. The van der Waals surface area contributed by atoms with Gasteiger partial charge in [0.2, 0.25) is 23.6 Å². The van der Waals surface area contributed by atoms with E-state index in [9.17, 15) is 24.0 Å². The summed E-state index contributed by atoms with van der Waals surface area (Å²) in [6.45, 7) is 5.42. The number of nitrogens with zero attached hydrogens (tertiary/aromatic N) is 3. The first kappa shape index (κ1) is 37.1. The van der Waals surface area contributed by atoms with Crippen LogP contribution in [0.4, 0.5) is 0 Å². The van der Waals surface area contributed by atoms with E-state index < -0.39 is 59.7 Å². The smallest absolute Gasteiger partial charge is 0.276 e. The molecule has 0 radical (unpaired) electrons. The van der Waals surface area contributed by atoms with Crippen LogP contribution in [0.25, 0.3) is 0 Å². The minimum Gasteiger partial charge on any atom is -0.497 e. The Morgan fingerprint density at radius 1 is 0.962 bits per heavy atom. The van der Waals surface area contributed by atoms with Crippen molar-refractivity contribution in [2.24, 2.45) is 5.92 Å². The van der Waals surface area contributed by atoms with Gasteiger partial charge < -0.3 is 39.7 Å². The number of ether oxygens (including phenoxy) is 1. The predicted octanol–water partition coefficient (Wildman–Crippen LogP) is 3.77. The Balaban J connectivity index is 1.35. The number of benzene rings is 2. The molecule has 53 heavy (non-hydrogen) atoms. The molecule has 0 unspecified atom stereocenters. The summed E-state index contributed by atoms with van der Waals surface area (Å²) in [5.41, 5.74) is 0.885. The van der Waals surface area contributed by atoms with E-state index in [0.717, 1.165) is 11.8 Å². The zero-order valence-corrected chi connectivity index (χ0v) is 30.3. The highest BCUT2D eigenvalue weighted by Gasteiger charge is 2.43. The third-order valence-corrected chi connectivity index (χ3v) is 9.24. The van der Waals surface area contributed by atoms with Crippen LogP contribution in [0, 0.1) is 5.92 Å². The van der Waals surface area contributed by atoms with Crippen LogP contribution in [0.2, 0.25) is 5.02 Å². The van der Waals surface area contributed by atoms with Crippen LogP contribution in [0.15, 0.2) is 69.9 Å². The SMILES string of the molecule is COc1cc(Cl)cc(C(=O)N[C@H]2C[C@H]3C(=O)N[C@@H](Cc4ccccc4)c4nc(co4)C(=O)N[C@H](CC(C)C)C(=O)N[C@H](C)c4nc(co4)C(=O)N3C2)c1. The van der Waals surface area contributed by atoms with Gasteiger partial charge in [0.15, 0.2) is 11.4 Å². The highest BCUT2D eigenvalue weighted by atomic mass is 35.5. The molecule has 5 amide bonds. The molecule has 16 heteroatoms. The molecule has 2 aromatic carbocycles. The van der Waals surface area contributed by atoms with Crippen molar-refractivity contribution in [1.29, 1.82) is 0 Å². The molecule has 4 bridgehead atoms. The van der Waals surface area contributed by atoms with Crippen molar-refractivity contribution in [3.8, 4) is 5.75 Å². The van der Waals surface area contributed by atoms with Gasteiger partial charge in [0, 0.05) is 29.6 Å². The van der Waals surface area contributed by atoms with Gasteiger partial charge in [-0.05, 0) is 49.4 Å². The van der Waals surface area contributed by atoms with Crippen molar-refractivity contribution in [1.82, 2.24) is 36.1 Å². The normalized spacial score (nSPS) is 22.3. The maximum absolute atomic E-state index is 14.3. The van der Waals surface area contributed by atoms with Gasteiger partial charge in [-0.1, -0.05) is 55.8 Å². The fourth-order valence-electron chi connectivity index (χ4n) is 6.41. The van der Waals surface area contributed by atoms with E-state index >= 15 is 0 Å². The lowest BCUT2D eigenvalue weighted by atomic mass is 10.0. The molecule has 6 rings (SSSR count). The standard InChI is InChI=1S/C37H40ClN7O8/c1-19(2)10-26-32(47)39-20(3)35-44-29(18-52-35)37(50)45-16-24(40-31(46)22-12-23(38)14-25(13-22)51-4)15-30(45)34(49)42-27(11-21-8-6-5-7-9-21)36-43-28(17-53-36)33(48)41-26/h5-9,12-14,17-20,24,26-27,30H,10-11,15-16H2,1-4H3,(H,39,47)(H,40,46)(H,41,48)(H,42,49)/t20-,24+,26-,27+,30+/m1/s1. The second-order valence-electron chi connectivity index (χ2n) is 13.5. The Morgan fingerprint density at radius 2 is 1.68 bits per heavy atom. The van der Waals surface area contributed by atoms with Crippen LogP contribution >= 0.6 is 11.6 Å². The fraction of sp³-hybridized carbons (Fsp3) is 0.378. The van der Waals surface area contributed by atoms with Gasteiger partial charge >= 0.3 is 0 Å². The number of aromatic nitrogens is 2. The van der Waals surface area contributed by atoms with Gasteiger partial charge in [-0.25, -0.2) is 9.97 Å². The minimum atomic E-state index is -1.08. The van der Waals surface area contributed by atoms with Gasteiger partial charge in [0.1, 0.15) is 42.4 Å². The third kappa shape index (κ3) is 8.68. The van der Waals surface area contributed by atoms with E-state index in [1.807, 2.05) is 44.2 Å². The third-order valence-electron chi connectivity index (χ3n) is 9.02. The molecule has 1 saturated heterocycles. The number of methoxy groups -OCH3 is 1. The number of nitrogens with one attached hydrogen (secondary N) is 4. The first-order valence-electron chi connectivity index (χ1n) is 17.2. The summed E-state index contributed by atoms with van der Waals surface area (Å²) in [6, 6.07) is 9.54. The van der Waals surface area contributed by atoms with Crippen molar-refractivity contribution >= 4 is 41.1 Å². The quantitative estimate of drug-likeness (QED) is 0.216. The van der Waals surface area contributed by atoms with Crippen LogP contribution < -0.4 is 26.0 Å². The van der Waals surface area contributed by atoms with Gasteiger partial charge in [-0.15, -0.1) is 0 Å². The summed E-state index contributed by atoms with van der Waals surface area (Å²) in [4.78, 5) is 78.7. The summed E-state index contributed by atoms with van der Waals surface area (Å²) >= 11 is 6.21. The summed E-state index contributed by atoms with van der Waals surface area (Å²) in [5, 5.41) is 11.7. The Kier molecular flexibility index (Phi) is 11.1. The van der Waals surface area contributed by atoms with Gasteiger partial charge in [-0.2, -0.15) is 0 Å². The predicted molar refractivity (Wildman–Crippen MR) is 190 cm³/mol. The number of halogens is 1. The number of rotatable bonds is 7. The Morgan fingerprint density at radius 3 is 2.42 bits per heavy atom. The maximum atomic E-state index is 14.3. The number of carbonyl (C=O) groups is 5. The number of oxazole rings is 2. The minimum absolute atomic E-state index is 0.0406. The highest BCUT2D eigenvalue weighted by molar-refractivity contribution is 6.31.